The highest BCUT2D eigenvalue weighted by atomic mass is 19.1. The third kappa shape index (κ3) is 2.69. The smallest absolute Gasteiger partial charge is 0.358 e. The molecule has 1 aromatic carbocycles. The van der Waals surface area contributed by atoms with Crippen LogP contribution in [0.15, 0.2) is 36.5 Å². The first-order valence-electron chi connectivity index (χ1n) is 5.05. The number of ether oxygens (including phenoxy) is 1. The van der Waals surface area contributed by atoms with Gasteiger partial charge < -0.3 is 4.74 Å². The summed E-state index contributed by atoms with van der Waals surface area (Å²) in [5, 5.41) is 4.05. The first kappa shape index (κ1) is 11.3. The van der Waals surface area contributed by atoms with Crippen LogP contribution in [0.4, 0.5) is 4.39 Å². The Labute approximate surface area is 97.6 Å². The molecule has 0 atom stereocenters. The van der Waals surface area contributed by atoms with Gasteiger partial charge in [-0.3, -0.25) is 4.68 Å². The molecular formula is C12H11FN2O2. The van der Waals surface area contributed by atoms with Crippen molar-refractivity contribution in [2.24, 2.45) is 0 Å². The first-order chi connectivity index (χ1) is 8.19. The number of rotatable bonds is 3. The molecule has 0 aliphatic carbocycles. The van der Waals surface area contributed by atoms with Crippen molar-refractivity contribution in [3.8, 4) is 0 Å². The lowest BCUT2D eigenvalue weighted by molar-refractivity contribution is 0.0593. The molecule has 0 bridgehead atoms. The second kappa shape index (κ2) is 4.78. The zero-order valence-corrected chi connectivity index (χ0v) is 9.26. The minimum atomic E-state index is -0.470. The van der Waals surface area contributed by atoms with Crippen LogP contribution >= 0.6 is 0 Å². The van der Waals surface area contributed by atoms with Gasteiger partial charge in [0, 0.05) is 6.20 Å². The van der Waals surface area contributed by atoms with Crippen LogP contribution in [0, 0.1) is 5.82 Å². The van der Waals surface area contributed by atoms with Crippen LogP contribution < -0.4 is 0 Å². The minimum absolute atomic E-state index is 0.259. The van der Waals surface area contributed by atoms with Crippen LogP contribution in [-0.4, -0.2) is 22.9 Å². The molecule has 0 spiro atoms. The van der Waals surface area contributed by atoms with E-state index in [2.05, 4.69) is 9.84 Å². The second-order valence-electron chi connectivity index (χ2n) is 3.52. The third-order valence-corrected chi connectivity index (χ3v) is 2.29. The van der Waals surface area contributed by atoms with Crippen LogP contribution in [0.2, 0.25) is 0 Å². The Kier molecular flexibility index (Phi) is 3.18. The van der Waals surface area contributed by atoms with Crippen molar-refractivity contribution in [1.29, 1.82) is 0 Å². The van der Waals surface area contributed by atoms with Gasteiger partial charge in [0.1, 0.15) is 5.82 Å². The summed E-state index contributed by atoms with van der Waals surface area (Å²) in [6.45, 7) is 0.483. The molecule has 0 fully saturated rings. The van der Waals surface area contributed by atoms with Crippen molar-refractivity contribution in [2.75, 3.05) is 7.11 Å². The van der Waals surface area contributed by atoms with E-state index in [1.54, 1.807) is 29.1 Å². The van der Waals surface area contributed by atoms with Crippen molar-refractivity contribution in [3.63, 3.8) is 0 Å². The fourth-order valence-electron chi connectivity index (χ4n) is 1.44. The molecule has 17 heavy (non-hydrogen) atoms. The molecular weight excluding hydrogens is 223 g/mol. The van der Waals surface area contributed by atoms with E-state index >= 15 is 0 Å². The number of methoxy groups -OCH3 is 1. The molecule has 88 valence electrons. The van der Waals surface area contributed by atoms with E-state index in [9.17, 15) is 9.18 Å². The highest BCUT2D eigenvalue weighted by molar-refractivity contribution is 5.86. The Morgan fingerprint density at radius 2 is 2.06 bits per heavy atom. The van der Waals surface area contributed by atoms with Crippen molar-refractivity contribution in [2.45, 2.75) is 6.54 Å². The fourth-order valence-corrected chi connectivity index (χ4v) is 1.44. The second-order valence-corrected chi connectivity index (χ2v) is 3.52. The van der Waals surface area contributed by atoms with Gasteiger partial charge in [0.05, 0.1) is 13.7 Å². The number of aromatic nitrogens is 2. The molecule has 1 heterocycles. The number of benzene rings is 1. The molecule has 2 aromatic rings. The Hall–Kier alpha value is -2.17. The summed E-state index contributed by atoms with van der Waals surface area (Å²) < 4.78 is 18.8. The topological polar surface area (TPSA) is 44.1 Å². The van der Waals surface area contributed by atoms with E-state index in [4.69, 9.17) is 0 Å². The molecule has 0 saturated heterocycles. The van der Waals surface area contributed by atoms with Crippen LogP contribution in [0.1, 0.15) is 16.1 Å². The molecule has 4 nitrogen and oxygen atoms in total. The summed E-state index contributed by atoms with van der Waals surface area (Å²) in [6.07, 6.45) is 1.68. The molecule has 2 rings (SSSR count). The van der Waals surface area contributed by atoms with Gasteiger partial charge in [-0.25, -0.2) is 9.18 Å². The van der Waals surface area contributed by atoms with Gasteiger partial charge in [-0.2, -0.15) is 5.10 Å². The molecule has 0 N–H and O–H groups in total. The van der Waals surface area contributed by atoms with Gasteiger partial charge in [-0.1, -0.05) is 12.1 Å². The Morgan fingerprint density at radius 3 is 2.71 bits per heavy atom. The maximum Gasteiger partial charge on any atom is 0.358 e. The summed E-state index contributed by atoms with van der Waals surface area (Å²) in [4.78, 5) is 11.2. The molecule has 0 aliphatic heterocycles. The summed E-state index contributed by atoms with van der Waals surface area (Å²) >= 11 is 0. The molecule has 1 aromatic heterocycles. The maximum absolute atomic E-state index is 12.7. The van der Waals surface area contributed by atoms with Crippen molar-refractivity contribution in [1.82, 2.24) is 9.78 Å². The summed E-state index contributed by atoms with van der Waals surface area (Å²) in [7, 11) is 1.31. The zero-order chi connectivity index (χ0) is 12.3. The number of esters is 1. The highest BCUT2D eigenvalue weighted by Gasteiger charge is 2.08. The minimum Gasteiger partial charge on any atom is -0.464 e. The van der Waals surface area contributed by atoms with Crippen LogP contribution in [0.3, 0.4) is 0 Å². The van der Waals surface area contributed by atoms with Crippen LogP contribution in [-0.2, 0) is 11.3 Å². The normalized spacial score (nSPS) is 10.2. The van der Waals surface area contributed by atoms with E-state index in [0.29, 0.717) is 6.54 Å². The Balaban J connectivity index is 2.11. The van der Waals surface area contributed by atoms with E-state index in [1.165, 1.54) is 19.2 Å². The van der Waals surface area contributed by atoms with Gasteiger partial charge in [-0.15, -0.1) is 0 Å². The Bertz CT molecular complexity index is 520. The number of carbonyl (C=O) groups excluding carboxylic acids is 1. The zero-order valence-electron chi connectivity index (χ0n) is 9.26. The molecule has 0 radical (unpaired) electrons. The van der Waals surface area contributed by atoms with Crippen LogP contribution in [0.5, 0.6) is 0 Å². The predicted molar refractivity (Wildman–Crippen MR) is 59.1 cm³/mol. The van der Waals surface area contributed by atoms with Crippen molar-refractivity contribution < 1.29 is 13.9 Å². The lowest BCUT2D eigenvalue weighted by Gasteiger charge is -2.01. The Morgan fingerprint density at radius 1 is 1.35 bits per heavy atom. The number of carbonyl (C=O) groups is 1. The van der Waals surface area contributed by atoms with Gasteiger partial charge in [0.15, 0.2) is 5.69 Å². The fraction of sp³-hybridized carbons (Fsp3) is 0.167. The predicted octanol–water partition coefficient (Wildman–Crippen LogP) is 1.86. The van der Waals surface area contributed by atoms with E-state index in [1.807, 2.05) is 0 Å². The lowest BCUT2D eigenvalue weighted by Crippen LogP contribution is -2.05. The molecule has 0 amide bonds. The van der Waals surface area contributed by atoms with Gasteiger partial charge in [-0.05, 0) is 23.8 Å². The van der Waals surface area contributed by atoms with Gasteiger partial charge in [0.25, 0.3) is 0 Å². The third-order valence-electron chi connectivity index (χ3n) is 2.29. The first-order valence-corrected chi connectivity index (χ1v) is 5.05. The maximum atomic E-state index is 12.7. The highest BCUT2D eigenvalue weighted by Crippen LogP contribution is 2.06. The molecule has 0 unspecified atom stereocenters. The largest absolute Gasteiger partial charge is 0.464 e. The van der Waals surface area contributed by atoms with Gasteiger partial charge >= 0.3 is 5.97 Å². The number of hydrogen-bond donors (Lipinski definition) is 0. The monoisotopic (exact) mass is 234 g/mol. The number of nitrogens with zero attached hydrogens (tertiary/aromatic N) is 2. The van der Waals surface area contributed by atoms with E-state index < -0.39 is 5.97 Å². The molecule has 0 aliphatic rings. The van der Waals surface area contributed by atoms with Crippen molar-refractivity contribution in [3.05, 3.63) is 53.6 Å². The summed E-state index contributed by atoms with van der Waals surface area (Å²) in [6, 6.07) is 7.71. The van der Waals surface area contributed by atoms with E-state index in [0.717, 1.165) is 5.56 Å². The summed E-state index contributed by atoms with van der Waals surface area (Å²) in [5.41, 5.74) is 1.17. The average Bonchev–Trinajstić information content (AvgIpc) is 2.80. The molecule has 5 heteroatoms. The van der Waals surface area contributed by atoms with Crippen LogP contribution in [0.25, 0.3) is 0 Å². The number of halogens is 1. The van der Waals surface area contributed by atoms with Crippen molar-refractivity contribution >= 4 is 5.97 Å². The summed E-state index contributed by atoms with van der Waals surface area (Å²) in [5.74, 6) is -0.743. The quantitative estimate of drug-likeness (QED) is 0.761. The SMILES string of the molecule is COC(=O)c1ccn(Cc2ccc(F)cc2)n1. The molecule has 0 saturated carbocycles. The number of hydrogen-bond acceptors (Lipinski definition) is 3. The average molecular weight is 234 g/mol. The van der Waals surface area contributed by atoms with Gasteiger partial charge in [0.2, 0.25) is 0 Å². The lowest BCUT2D eigenvalue weighted by atomic mass is 10.2. The van der Waals surface area contributed by atoms with E-state index in [-0.39, 0.29) is 11.5 Å². The standard InChI is InChI=1S/C12H11FN2O2/c1-17-12(16)11-6-7-15(14-11)8-9-2-4-10(13)5-3-9/h2-7H,8H2,1H3.